The van der Waals surface area contributed by atoms with Crippen LogP contribution in [0.4, 0.5) is 5.69 Å². The molecule has 2 atom stereocenters. The van der Waals surface area contributed by atoms with Gasteiger partial charge in [-0.25, -0.2) is 0 Å². The van der Waals surface area contributed by atoms with Gasteiger partial charge in [-0.05, 0) is 53.8 Å². The van der Waals surface area contributed by atoms with Gasteiger partial charge in [0.1, 0.15) is 12.4 Å². The molecular formula is C25H26N2O2. The largest absolute Gasteiger partial charge is 0.491 e. The normalized spacial score (nSPS) is 20.4. The van der Waals surface area contributed by atoms with Crippen molar-refractivity contribution in [1.82, 2.24) is 4.90 Å². The third-order valence-corrected chi connectivity index (χ3v) is 5.98. The average Bonchev–Trinajstić information content (AvgIpc) is 3.70. The lowest BCUT2D eigenvalue weighted by molar-refractivity contribution is 0.0989. The molecule has 2 fully saturated rings. The number of hydrogen-bond donors (Lipinski definition) is 0. The first kappa shape index (κ1) is 18.2. The zero-order valence-electron chi connectivity index (χ0n) is 16.8. The van der Waals surface area contributed by atoms with Crippen LogP contribution in [0.25, 0.3) is 10.8 Å². The molecule has 5 rings (SSSR count). The summed E-state index contributed by atoms with van der Waals surface area (Å²) in [5.74, 6) is 1.52. The van der Waals surface area contributed by atoms with E-state index in [1.165, 1.54) is 19.4 Å². The Bertz CT molecular complexity index is 1030. The molecule has 3 aromatic rings. The number of carbonyl (C=O) groups is 1. The van der Waals surface area contributed by atoms with E-state index in [0.717, 1.165) is 28.9 Å². The molecule has 0 spiro atoms. The van der Waals surface area contributed by atoms with Crippen LogP contribution in [0.3, 0.4) is 0 Å². The second-order valence-electron chi connectivity index (χ2n) is 8.26. The molecule has 148 valence electrons. The van der Waals surface area contributed by atoms with Gasteiger partial charge in [0.05, 0.1) is 11.6 Å². The smallest absolute Gasteiger partial charge is 0.261 e. The van der Waals surface area contributed by atoms with Crippen LogP contribution in [0.15, 0.2) is 66.7 Å². The van der Waals surface area contributed by atoms with Crippen LogP contribution in [0.1, 0.15) is 23.2 Å². The van der Waals surface area contributed by atoms with Gasteiger partial charge >= 0.3 is 0 Å². The highest BCUT2D eigenvalue weighted by molar-refractivity contribution is 6.09. The van der Waals surface area contributed by atoms with Crippen LogP contribution in [0.2, 0.25) is 0 Å². The van der Waals surface area contributed by atoms with Crippen LogP contribution in [-0.2, 0) is 0 Å². The number of rotatable bonds is 7. The number of anilines is 1. The predicted octanol–water partition coefficient (Wildman–Crippen LogP) is 4.59. The molecule has 1 amide bonds. The number of fused-ring (bicyclic) bond motifs is 1. The maximum atomic E-state index is 13.3. The number of para-hydroxylation sites is 1. The summed E-state index contributed by atoms with van der Waals surface area (Å²) in [6, 6.07) is 22.3. The van der Waals surface area contributed by atoms with Crippen LogP contribution in [0, 0.1) is 5.92 Å². The summed E-state index contributed by atoms with van der Waals surface area (Å²) in [4.78, 5) is 17.5. The molecule has 2 aliphatic rings. The number of hydrogen-bond acceptors (Lipinski definition) is 3. The van der Waals surface area contributed by atoms with Crippen molar-refractivity contribution in [2.75, 3.05) is 31.6 Å². The van der Waals surface area contributed by atoms with E-state index in [2.05, 4.69) is 11.0 Å². The highest BCUT2D eigenvalue weighted by Crippen LogP contribution is 2.34. The SMILES string of the molecule is CN(C(=O)c1cc2ccccc2cc1OCC1CN1CC1CC1)c1ccccc1. The van der Waals surface area contributed by atoms with E-state index in [1.54, 1.807) is 4.90 Å². The summed E-state index contributed by atoms with van der Waals surface area (Å²) < 4.78 is 6.22. The second-order valence-corrected chi connectivity index (χ2v) is 8.26. The molecular weight excluding hydrogens is 360 g/mol. The fourth-order valence-corrected chi connectivity index (χ4v) is 3.88. The highest BCUT2D eigenvalue weighted by Gasteiger charge is 2.38. The van der Waals surface area contributed by atoms with E-state index in [4.69, 9.17) is 4.74 Å². The van der Waals surface area contributed by atoms with Crippen molar-refractivity contribution in [3.8, 4) is 5.75 Å². The summed E-state index contributed by atoms with van der Waals surface area (Å²) in [5.41, 5.74) is 1.49. The van der Waals surface area contributed by atoms with Crippen molar-refractivity contribution in [3.63, 3.8) is 0 Å². The molecule has 1 saturated carbocycles. The van der Waals surface area contributed by atoms with Crippen molar-refractivity contribution in [3.05, 3.63) is 72.3 Å². The molecule has 3 aromatic carbocycles. The molecule has 1 saturated heterocycles. The molecule has 0 radical (unpaired) electrons. The van der Waals surface area contributed by atoms with Gasteiger partial charge in [-0.15, -0.1) is 0 Å². The van der Waals surface area contributed by atoms with Gasteiger partial charge in [0.2, 0.25) is 0 Å². The molecule has 0 bridgehead atoms. The molecule has 2 unspecified atom stereocenters. The van der Waals surface area contributed by atoms with E-state index in [1.807, 2.05) is 67.7 Å². The third-order valence-electron chi connectivity index (χ3n) is 5.98. The summed E-state index contributed by atoms with van der Waals surface area (Å²) in [5, 5.41) is 2.14. The van der Waals surface area contributed by atoms with Gasteiger partial charge in [-0.1, -0.05) is 42.5 Å². The number of nitrogens with zero attached hydrogens (tertiary/aromatic N) is 2. The molecule has 29 heavy (non-hydrogen) atoms. The monoisotopic (exact) mass is 386 g/mol. The van der Waals surface area contributed by atoms with Crippen molar-refractivity contribution >= 4 is 22.4 Å². The molecule has 4 nitrogen and oxygen atoms in total. The minimum absolute atomic E-state index is 0.0532. The van der Waals surface area contributed by atoms with Gasteiger partial charge < -0.3 is 9.64 Å². The first-order valence-electron chi connectivity index (χ1n) is 10.4. The Hall–Kier alpha value is -2.85. The Kier molecular flexibility index (Phi) is 4.72. The number of ether oxygens (including phenoxy) is 1. The zero-order chi connectivity index (χ0) is 19.8. The van der Waals surface area contributed by atoms with Crippen molar-refractivity contribution in [2.45, 2.75) is 18.9 Å². The van der Waals surface area contributed by atoms with Gasteiger partial charge in [-0.3, -0.25) is 9.69 Å². The fraction of sp³-hybridized carbons (Fsp3) is 0.320. The van der Waals surface area contributed by atoms with E-state index >= 15 is 0 Å². The van der Waals surface area contributed by atoms with Gasteiger partial charge in [-0.2, -0.15) is 0 Å². The Labute approximate surface area is 171 Å². The molecule has 0 aromatic heterocycles. The lowest BCUT2D eigenvalue weighted by Gasteiger charge is -2.20. The van der Waals surface area contributed by atoms with Crippen molar-refractivity contribution in [2.24, 2.45) is 5.92 Å². The van der Waals surface area contributed by atoms with Crippen molar-refractivity contribution < 1.29 is 9.53 Å². The number of carbonyl (C=O) groups excluding carboxylic acids is 1. The number of amides is 1. The standard InChI is InChI=1S/C25H26N2O2/c1-26(21-9-3-2-4-10-21)25(28)23-13-19-7-5-6-8-20(19)14-24(23)29-17-22-16-27(22)15-18-11-12-18/h2-10,13-14,18,22H,11-12,15-17H2,1H3. The zero-order valence-corrected chi connectivity index (χ0v) is 16.8. The molecule has 1 aliphatic heterocycles. The van der Waals surface area contributed by atoms with Gasteiger partial charge in [0, 0.05) is 25.8 Å². The quantitative estimate of drug-likeness (QED) is 0.557. The molecule has 0 N–H and O–H groups in total. The third kappa shape index (κ3) is 3.99. The second kappa shape index (κ2) is 7.53. The number of benzene rings is 3. The van der Waals surface area contributed by atoms with Crippen LogP contribution >= 0.6 is 0 Å². The van der Waals surface area contributed by atoms with E-state index in [-0.39, 0.29) is 5.91 Å². The highest BCUT2D eigenvalue weighted by atomic mass is 16.5. The van der Waals surface area contributed by atoms with Crippen LogP contribution < -0.4 is 9.64 Å². The molecule has 4 heteroatoms. The molecule has 1 heterocycles. The predicted molar refractivity (Wildman–Crippen MR) is 117 cm³/mol. The average molecular weight is 386 g/mol. The first-order chi connectivity index (χ1) is 14.2. The van der Waals surface area contributed by atoms with Gasteiger partial charge in [0.15, 0.2) is 0 Å². The minimum atomic E-state index is -0.0532. The lowest BCUT2D eigenvalue weighted by atomic mass is 10.0. The van der Waals surface area contributed by atoms with Gasteiger partial charge in [0.25, 0.3) is 5.91 Å². The van der Waals surface area contributed by atoms with Crippen LogP contribution in [0.5, 0.6) is 5.75 Å². The van der Waals surface area contributed by atoms with Crippen molar-refractivity contribution in [1.29, 1.82) is 0 Å². The summed E-state index contributed by atoms with van der Waals surface area (Å²) in [7, 11) is 1.81. The molecule has 1 aliphatic carbocycles. The van der Waals surface area contributed by atoms with E-state index in [9.17, 15) is 4.79 Å². The topological polar surface area (TPSA) is 32.6 Å². The Balaban J connectivity index is 1.39. The minimum Gasteiger partial charge on any atom is -0.491 e. The fourth-order valence-electron chi connectivity index (χ4n) is 3.88. The summed E-state index contributed by atoms with van der Waals surface area (Å²) >= 11 is 0. The lowest BCUT2D eigenvalue weighted by Crippen LogP contribution is -2.27. The van der Waals surface area contributed by atoms with E-state index in [0.29, 0.717) is 24.0 Å². The Morgan fingerprint density at radius 3 is 2.45 bits per heavy atom. The Morgan fingerprint density at radius 2 is 1.72 bits per heavy atom. The Morgan fingerprint density at radius 1 is 1.03 bits per heavy atom. The maximum absolute atomic E-state index is 13.3. The van der Waals surface area contributed by atoms with Crippen LogP contribution in [-0.4, -0.2) is 43.6 Å². The summed E-state index contributed by atoms with van der Waals surface area (Å²) in [6.07, 6.45) is 2.75. The van der Waals surface area contributed by atoms with E-state index < -0.39 is 0 Å². The maximum Gasteiger partial charge on any atom is 0.261 e. The first-order valence-corrected chi connectivity index (χ1v) is 10.4. The summed E-state index contributed by atoms with van der Waals surface area (Å²) in [6.45, 7) is 2.95.